The zero-order valence-corrected chi connectivity index (χ0v) is 14.7. The van der Waals surface area contributed by atoms with Gasteiger partial charge in [0.05, 0.1) is 12.2 Å². The Morgan fingerprint density at radius 1 is 1.00 bits per heavy atom. The summed E-state index contributed by atoms with van der Waals surface area (Å²) < 4.78 is 1.73. The SMILES string of the molecule is O=c1c2c([nH]n1Cc1ccccc1)CN(Cc1cccc(Cl)c1)CC2. The molecule has 0 unspecified atom stereocenters. The molecule has 4 nitrogen and oxygen atoms in total. The number of H-pyrrole nitrogens is 1. The lowest BCUT2D eigenvalue weighted by Crippen LogP contribution is -2.31. The van der Waals surface area contributed by atoms with Crippen molar-refractivity contribution >= 4 is 11.6 Å². The highest BCUT2D eigenvalue weighted by Crippen LogP contribution is 2.19. The van der Waals surface area contributed by atoms with Gasteiger partial charge in [0.25, 0.3) is 5.56 Å². The van der Waals surface area contributed by atoms with Crippen molar-refractivity contribution in [2.75, 3.05) is 6.54 Å². The van der Waals surface area contributed by atoms with E-state index in [4.69, 9.17) is 11.6 Å². The predicted octanol–water partition coefficient (Wildman–Crippen LogP) is 3.44. The molecule has 5 heteroatoms. The highest BCUT2D eigenvalue weighted by molar-refractivity contribution is 6.30. The van der Waals surface area contributed by atoms with Crippen molar-refractivity contribution < 1.29 is 0 Å². The molecule has 0 saturated carbocycles. The zero-order chi connectivity index (χ0) is 17.2. The summed E-state index contributed by atoms with van der Waals surface area (Å²) >= 11 is 6.08. The van der Waals surface area contributed by atoms with E-state index in [1.807, 2.05) is 48.5 Å². The van der Waals surface area contributed by atoms with Gasteiger partial charge in [-0.2, -0.15) is 0 Å². The van der Waals surface area contributed by atoms with E-state index < -0.39 is 0 Å². The van der Waals surface area contributed by atoms with E-state index in [1.54, 1.807) is 4.68 Å². The van der Waals surface area contributed by atoms with Gasteiger partial charge in [-0.05, 0) is 29.7 Å². The Morgan fingerprint density at radius 2 is 1.80 bits per heavy atom. The highest BCUT2D eigenvalue weighted by atomic mass is 35.5. The van der Waals surface area contributed by atoms with Gasteiger partial charge in [0.15, 0.2) is 0 Å². The minimum absolute atomic E-state index is 0.112. The standard InChI is InChI=1S/C20H20ClN3O/c21-17-8-4-7-16(11-17)12-23-10-9-18-19(14-23)22-24(20(18)25)13-15-5-2-1-3-6-15/h1-8,11,22H,9-10,12-14H2. The van der Waals surface area contributed by atoms with Crippen LogP contribution in [0.2, 0.25) is 5.02 Å². The molecule has 0 bridgehead atoms. The highest BCUT2D eigenvalue weighted by Gasteiger charge is 2.22. The molecule has 1 aromatic heterocycles. The summed E-state index contributed by atoms with van der Waals surface area (Å²) in [6, 6.07) is 18.0. The van der Waals surface area contributed by atoms with Crippen LogP contribution in [0.15, 0.2) is 59.4 Å². The maximum atomic E-state index is 12.6. The van der Waals surface area contributed by atoms with Gasteiger partial charge in [0.2, 0.25) is 0 Å². The molecular weight excluding hydrogens is 334 g/mol. The van der Waals surface area contributed by atoms with Gasteiger partial charge < -0.3 is 0 Å². The van der Waals surface area contributed by atoms with Crippen molar-refractivity contribution in [3.8, 4) is 0 Å². The fraction of sp³-hybridized carbons (Fsp3) is 0.250. The number of hydrogen-bond acceptors (Lipinski definition) is 2. The summed E-state index contributed by atoms with van der Waals surface area (Å²) in [5.41, 5.74) is 4.40. The van der Waals surface area contributed by atoms with Crippen LogP contribution in [-0.4, -0.2) is 21.2 Å². The van der Waals surface area contributed by atoms with Gasteiger partial charge in [0.1, 0.15) is 0 Å². The monoisotopic (exact) mass is 353 g/mol. The second-order valence-electron chi connectivity index (χ2n) is 6.54. The number of halogens is 1. The van der Waals surface area contributed by atoms with Gasteiger partial charge in [-0.3, -0.25) is 14.8 Å². The first-order valence-corrected chi connectivity index (χ1v) is 8.88. The Balaban J connectivity index is 1.51. The molecule has 25 heavy (non-hydrogen) atoms. The number of fused-ring (bicyclic) bond motifs is 1. The van der Waals surface area contributed by atoms with E-state index in [0.29, 0.717) is 6.54 Å². The molecule has 1 aliphatic heterocycles. The Bertz CT molecular complexity index is 930. The van der Waals surface area contributed by atoms with Crippen molar-refractivity contribution in [1.82, 2.24) is 14.7 Å². The lowest BCUT2D eigenvalue weighted by Gasteiger charge is -2.26. The Morgan fingerprint density at radius 3 is 2.60 bits per heavy atom. The molecule has 2 heterocycles. The number of rotatable bonds is 4. The summed E-state index contributed by atoms with van der Waals surface area (Å²) in [6.45, 7) is 3.07. The van der Waals surface area contributed by atoms with Crippen LogP contribution in [0.3, 0.4) is 0 Å². The van der Waals surface area contributed by atoms with Crippen LogP contribution in [0, 0.1) is 0 Å². The largest absolute Gasteiger partial charge is 0.298 e. The van der Waals surface area contributed by atoms with Crippen molar-refractivity contribution in [2.45, 2.75) is 26.1 Å². The van der Waals surface area contributed by atoms with E-state index >= 15 is 0 Å². The molecule has 3 aromatic rings. The van der Waals surface area contributed by atoms with Crippen LogP contribution in [-0.2, 0) is 26.1 Å². The number of aromatic nitrogens is 2. The van der Waals surface area contributed by atoms with E-state index in [9.17, 15) is 4.79 Å². The first-order valence-electron chi connectivity index (χ1n) is 8.50. The van der Waals surface area contributed by atoms with Crippen LogP contribution >= 0.6 is 11.6 Å². The lowest BCUT2D eigenvalue weighted by atomic mass is 10.1. The molecular formula is C20H20ClN3O. The summed E-state index contributed by atoms with van der Waals surface area (Å²) in [4.78, 5) is 15.0. The molecule has 0 amide bonds. The van der Waals surface area contributed by atoms with Crippen LogP contribution in [0.4, 0.5) is 0 Å². The van der Waals surface area contributed by atoms with E-state index in [2.05, 4.69) is 16.1 Å². The minimum atomic E-state index is 0.112. The summed E-state index contributed by atoms with van der Waals surface area (Å²) in [5.74, 6) is 0. The van der Waals surface area contributed by atoms with Crippen LogP contribution in [0.1, 0.15) is 22.4 Å². The lowest BCUT2D eigenvalue weighted by molar-refractivity contribution is 0.242. The molecule has 1 aliphatic rings. The van der Waals surface area contributed by atoms with E-state index in [-0.39, 0.29) is 5.56 Å². The number of nitrogens with one attached hydrogen (secondary N) is 1. The Labute approximate surface area is 151 Å². The third-order valence-corrected chi connectivity index (χ3v) is 4.91. The van der Waals surface area contributed by atoms with Gasteiger partial charge in [-0.15, -0.1) is 0 Å². The minimum Gasteiger partial charge on any atom is -0.298 e. The average molecular weight is 354 g/mol. The molecule has 0 spiro atoms. The topological polar surface area (TPSA) is 41.0 Å². The fourth-order valence-corrected chi connectivity index (χ4v) is 3.65. The zero-order valence-electron chi connectivity index (χ0n) is 13.9. The van der Waals surface area contributed by atoms with Crippen molar-refractivity contribution in [3.05, 3.63) is 92.4 Å². The third kappa shape index (κ3) is 3.55. The number of hydrogen-bond donors (Lipinski definition) is 1. The maximum absolute atomic E-state index is 12.6. The number of nitrogens with zero attached hydrogens (tertiary/aromatic N) is 2. The summed E-state index contributed by atoms with van der Waals surface area (Å²) in [7, 11) is 0. The molecule has 4 rings (SSSR count). The normalized spacial score (nSPS) is 14.4. The van der Waals surface area contributed by atoms with Crippen LogP contribution in [0.25, 0.3) is 0 Å². The second-order valence-corrected chi connectivity index (χ2v) is 6.97. The fourth-order valence-electron chi connectivity index (χ4n) is 3.44. The van der Waals surface area contributed by atoms with Gasteiger partial charge in [-0.1, -0.05) is 54.1 Å². The maximum Gasteiger partial charge on any atom is 0.270 e. The molecule has 1 N–H and O–H groups in total. The molecule has 0 atom stereocenters. The molecule has 0 saturated heterocycles. The predicted molar refractivity (Wildman–Crippen MR) is 99.9 cm³/mol. The number of benzene rings is 2. The summed E-state index contributed by atoms with van der Waals surface area (Å²) in [5, 5.41) is 4.08. The summed E-state index contributed by atoms with van der Waals surface area (Å²) in [6.07, 6.45) is 0.785. The first-order chi connectivity index (χ1) is 12.2. The Kier molecular flexibility index (Phi) is 4.47. The molecule has 0 radical (unpaired) electrons. The van der Waals surface area contributed by atoms with E-state index in [0.717, 1.165) is 47.9 Å². The van der Waals surface area contributed by atoms with Gasteiger partial charge in [-0.25, -0.2) is 4.68 Å². The van der Waals surface area contributed by atoms with Gasteiger partial charge in [0, 0.05) is 30.2 Å². The van der Waals surface area contributed by atoms with Crippen LogP contribution in [0.5, 0.6) is 0 Å². The first kappa shape index (κ1) is 16.2. The van der Waals surface area contributed by atoms with Gasteiger partial charge >= 0.3 is 0 Å². The molecule has 0 fully saturated rings. The third-order valence-electron chi connectivity index (χ3n) is 4.68. The average Bonchev–Trinajstić information content (AvgIpc) is 2.91. The molecule has 0 aliphatic carbocycles. The number of aromatic amines is 1. The van der Waals surface area contributed by atoms with Crippen molar-refractivity contribution in [3.63, 3.8) is 0 Å². The molecule has 2 aromatic carbocycles. The van der Waals surface area contributed by atoms with Crippen molar-refractivity contribution in [2.24, 2.45) is 0 Å². The Hall–Kier alpha value is -2.30. The quantitative estimate of drug-likeness (QED) is 0.780. The molecule has 128 valence electrons. The van der Waals surface area contributed by atoms with Crippen molar-refractivity contribution in [1.29, 1.82) is 0 Å². The van der Waals surface area contributed by atoms with Crippen LogP contribution < -0.4 is 5.56 Å². The second kappa shape index (κ2) is 6.90. The smallest absolute Gasteiger partial charge is 0.270 e. The van der Waals surface area contributed by atoms with E-state index in [1.165, 1.54) is 5.56 Å².